The van der Waals surface area contributed by atoms with Gasteiger partial charge in [-0.2, -0.15) is 0 Å². The first kappa shape index (κ1) is 21.7. The lowest BCUT2D eigenvalue weighted by Gasteiger charge is -2.16. The number of benzene rings is 2. The number of nitrogens with one attached hydrogen (secondary N) is 1. The number of nitrogens with zero attached hydrogens (tertiary/aromatic N) is 2. The van der Waals surface area contributed by atoms with Gasteiger partial charge in [0.05, 0.1) is 31.0 Å². The molecule has 0 aliphatic heterocycles. The summed E-state index contributed by atoms with van der Waals surface area (Å²) in [5.74, 6) is 0.835. The van der Waals surface area contributed by atoms with Crippen LogP contribution >= 0.6 is 23.1 Å². The van der Waals surface area contributed by atoms with Crippen LogP contribution < -0.4 is 15.6 Å². The van der Waals surface area contributed by atoms with Gasteiger partial charge in [-0.1, -0.05) is 54.2 Å². The van der Waals surface area contributed by atoms with Gasteiger partial charge < -0.3 is 10.1 Å². The fourth-order valence-electron chi connectivity index (χ4n) is 4.25. The van der Waals surface area contributed by atoms with Crippen molar-refractivity contribution in [2.24, 2.45) is 0 Å². The minimum atomic E-state index is -0.103. The number of ether oxygens (including phenoxy) is 1. The molecule has 0 saturated carbocycles. The molecule has 0 spiro atoms. The van der Waals surface area contributed by atoms with Crippen LogP contribution in [0.25, 0.3) is 10.2 Å². The highest BCUT2D eigenvalue weighted by Crippen LogP contribution is 2.31. The normalized spacial score (nSPS) is 14.9. The van der Waals surface area contributed by atoms with E-state index in [2.05, 4.69) is 17.4 Å². The standard InChI is InChI=1S/C25H23N3O3S2/c1-31-21-9-5-3-7-17(21)14-28-24(30)23-20(12-13-32-23)27-25(28)33-15-22(29)26-19-11-10-16-6-2-4-8-18(16)19/h2-9,12-13,19H,10-11,14-15H2,1H3,(H,26,29)/t19-/m0/s1. The fourth-order valence-corrected chi connectivity index (χ4v) is 5.84. The molecule has 6 nitrogen and oxygen atoms in total. The summed E-state index contributed by atoms with van der Waals surface area (Å²) in [7, 11) is 1.61. The van der Waals surface area contributed by atoms with Crippen molar-refractivity contribution in [2.75, 3.05) is 12.9 Å². The highest BCUT2D eigenvalue weighted by atomic mass is 32.2. The van der Waals surface area contributed by atoms with Crippen molar-refractivity contribution in [1.29, 1.82) is 0 Å². The van der Waals surface area contributed by atoms with Gasteiger partial charge in [0, 0.05) is 5.56 Å². The minimum Gasteiger partial charge on any atom is -0.496 e. The molecule has 2 heterocycles. The predicted octanol–water partition coefficient (Wildman–Crippen LogP) is 4.41. The number of carbonyl (C=O) groups is 1. The highest BCUT2D eigenvalue weighted by Gasteiger charge is 2.24. The van der Waals surface area contributed by atoms with E-state index in [1.165, 1.54) is 34.2 Å². The Kier molecular flexibility index (Phi) is 6.20. The summed E-state index contributed by atoms with van der Waals surface area (Å²) in [5.41, 5.74) is 3.93. The van der Waals surface area contributed by atoms with Crippen LogP contribution in [0.15, 0.2) is 69.9 Å². The Balaban J connectivity index is 1.38. The zero-order valence-corrected chi connectivity index (χ0v) is 19.7. The van der Waals surface area contributed by atoms with Crippen LogP contribution in [0.1, 0.15) is 29.2 Å². The van der Waals surface area contributed by atoms with Crippen LogP contribution in [0.2, 0.25) is 0 Å². The van der Waals surface area contributed by atoms with Crippen LogP contribution in [0, 0.1) is 0 Å². The number of hydrogen-bond donors (Lipinski definition) is 1. The van der Waals surface area contributed by atoms with Crippen molar-refractivity contribution in [3.05, 3.63) is 87.0 Å². The first-order chi connectivity index (χ1) is 16.1. The smallest absolute Gasteiger partial charge is 0.272 e. The fraction of sp³-hybridized carbons (Fsp3) is 0.240. The van der Waals surface area contributed by atoms with E-state index < -0.39 is 0 Å². The topological polar surface area (TPSA) is 73.2 Å². The molecular formula is C25H23N3O3S2. The molecule has 5 rings (SSSR count). The summed E-state index contributed by atoms with van der Waals surface area (Å²) in [5, 5.41) is 5.54. The Morgan fingerprint density at radius 2 is 2.03 bits per heavy atom. The minimum absolute atomic E-state index is 0.0392. The molecule has 0 saturated heterocycles. The molecule has 33 heavy (non-hydrogen) atoms. The van der Waals surface area contributed by atoms with E-state index in [-0.39, 0.29) is 23.3 Å². The van der Waals surface area contributed by atoms with E-state index in [9.17, 15) is 9.59 Å². The first-order valence-corrected chi connectivity index (χ1v) is 12.6. The molecule has 1 atom stereocenters. The lowest BCUT2D eigenvalue weighted by molar-refractivity contribution is -0.119. The van der Waals surface area contributed by atoms with Crippen molar-refractivity contribution in [3.8, 4) is 5.75 Å². The average molecular weight is 478 g/mol. The van der Waals surface area contributed by atoms with Gasteiger partial charge in [0.15, 0.2) is 5.16 Å². The molecule has 168 valence electrons. The Morgan fingerprint density at radius 1 is 1.21 bits per heavy atom. The molecule has 0 unspecified atom stereocenters. The number of rotatable bonds is 7. The van der Waals surface area contributed by atoms with Gasteiger partial charge in [0.1, 0.15) is 10.4 Å². The van der Waals surface area contributed by atoms with E-state index >= 15 is 0 Å². The molecule has 0 fully saturated rings. The Morgan fingerprint density at radius 3 is 2.91 bits per heavy atom. The van der Waals surface area contributed by atoms with Crippen molar-refractivity contribution in [1.82, 2.24) is 14.9 Å². The number of aromatic nitrogens is 2. The molecule has 1 N–H and O–H groups in total. The second-order valence-corrected chi connectivity index (χ2v) is 9.74. The third kappa shape index (κ3) is 4.41. The largest absolute Gasteiger partial charge is 0.496 e. The summed E-state index contributed by atoms with van der Waals surface area (Å²) < 4.78 is 7.72. The lowest BCUT2D eigenvalue weighted by atomic mass is 10.1. The zero-order chi connectivity index (χ0) is 22.8. The lowest BCUT2D eigenvalue weighted by Crippen LogP contribution is -2.29. The maximum absolute atomic E-state index is 13.3. The van der Waals surface area contributed by atoms with E-state index in [1.807, 2.05) is 47.8 Å². The Labute approximate surface area is 199 Å². The second kappa shape index (κ2) is 9.41. The van der Waals surface area contributed by atoms with Gasteiger partial charge in [-0.05, 0) is 41.5 Å². The van der Waals surface area contributed by atoms with Crippen LogP contribution in [-0.4, -0.2) is 28.3 Å². The quantitative estimate of drug-likeness (QED) is 0.315. The molecule has 2 aromatic heterocycles. The zero-order valence-electron chi connectivity index (χ0n) is 18.1. The summed E-state index contributed by atoms with van der Waals surface area (Å²) in [6.07, 6.45) is 1.89. The Hall–Kier alpha value is -3.10. The van der Waals surface area contributed by atoms with Crippen LogP contribution in [0.5, 0.6) is 5.75 Å². The van der Waals surface area contributed by atoms with E-state index in [0.29, 0.717) is 27.7 Å². The number of methoxy groups -OCH3 is 1. The first-order valence-electron chi connectivity index (χ1n) is 10.7. The van der Waals surface area contributed by atoms with E-state index in [1.54, 1.807) is 11.7 Å². The molecular weight excluding hydrogens is 454 g/mol. The predicted molar refractivity (Wildman–Crippen MR) is 132 cm³/mol. The summed E-state index contributed by atoms with van der Waals surface area (Å²) in [6.45, 7) is 0.323. The third-order valence-electron chi connectivity index (χ3n) is 5.85. The molecule has 2 aromatic carbocycles. The molecule has 0 bridgehead atoms. The molecule has 4 aromatic rings. The maximum atomic E-state index is 13.3. The summed E-state index contributed by atoms with van der Waals surface area (Å²) in [6, 6.07) is 17.7. The average Bonchev–Trinajstić information content (AvgIpc) is 3.47. The van der Waals surface area contributed by atoms with Crippen LogP contribution in [0.4, 0.5) is 0 Å². The number of fused-ring (bicyclic) bond motifs is 2. The van der Waals surface area contributed by atoms with Gasteiger partial charge in [0.25, 0.3) is 5.56 Å². The van der Waals surface area contributed by atoms with Gasteiger partial charge >= 0.3 is 0 Å². The molecule has 1 aliphatic rings. The number of para-hydroxylation sites is 1. The molecule has 1 amide bonds. The number of carbonyl (C=O) groups excluding carboxylic acids is 1. The van der Waals surface area contributed by atoms with Crippen molar-refractivity contribution in [3.63, 3.8) is 0 Å². The molecule has 8 heteroatoms. The van der Waals surface area contributed by atoms with E-state index in [4.69, 9.17) is 9.72 Å². The van der Waals surface area contributed by atoms with Gasteiger partial charge in [-0.15, -0.1) is 11.3 Å². The van der Waals surface area contributed by atoms with Crippen molar-refractivity contribution in [2.45, 2.75) is 30.6 Å². The van der Waals surface area contributed by atoms with Gasteiger partial charge in [-0.25, -0.2) is 4.98 Å². The number of amides is 1. The molecule has 1 aliphatic carbocycles. The van der Waals surface area contributed by atoms with Gasteiger partial charge in [-0.3, -0.25) is 14.2 Å². The van der Waals surface area contributed by atoms with Crippen LogP contribution in [0.3, 0.4) is 0 Å². The number of thioether (sulfide) groups is 1. The number of thiophene rings is 1. The SMILES string of the molecule is COc1ccccc1Cn1c(SCC(=O)N[C@H]2CCc3ccccc32)nc2ccsc2c1=O. The number of aryl methyl sites for hydroxylation is 1. The number of hydrogen-bond acceptors (Lipinski definition) is 6. The highest BCUT2D eigenvalue weighted by molar-refractivity contribution is 7.99. The van der Waals surface area contributed by atoms with Gasteiger partial charge in [0.2, 0.25) is 5.91 Å². The van der Waals surface area contributed by atoms with Crippen LogP contribution in [-0.2, 0) is 17.8 Å². The monoisotopic (exact) mass is 477 g/mol. The summed E-state index contributed by atoms with van der Waals surface area (Å²) >= 11 is 2.67. The second-order valence-electron chi connectivity index (χ2n) is 7.88. The Bertz CT molecular complexity index is 1380. The summed E-state index contributed by atoms with van der Waals surface area (Å²) in [4.78, 5) is 30.7. The molecule has 0 radical (unpaired) electrons. The van der Waals surface area contributed by atoms with Crippen molar-refractivity contribution < 1.29 is 9.53 Å². The third-order valence-corrected chi connectivity index (χ3v) is 7.72. The van der Waals surface area contributed by atoms with E-state index in [0.717, 1.165) is 18.4 Å². The van der Waals surface area contributed by atoms with Crippen molar-refractivity contribution >= 4 is 39.2 Å². The maximum Gasteiger partial charge on any atom is 0.272 e.